The molecule has 20 heavy (non-hydrogen) atoms. The van der Waals surface area contributed by atoms with Crippen LogP contribution in [0.25, 0.3) is 0 Å². The van der Waals surface area contributed by atoms with Gasteiger partial charge in [0.05, 0.1) is 12.3 Å². The molecule has 3 rings (SSSR count). The van der Waals surface area contributed by atoms with E-state index in [-0.39, 0.29) is 28.6 Å². The van der Waals surface area contributed by atoms with Crippen LogP contribution < -0.4 is 5.56 Å². The monoisotopic (exact) mass is 293 g/mol. The maximum absolute atomic E-state index is 12.0. The van der Waals surface area contributed by atoms with Gasteiger partial charge in [0.25, 0.3) is 5.56 Å². The molecule has 104 valence electrons. The molecule has 0 amide bonds. The topological polar surface area (TPSA) is 111 Å². The number of rotatable bonds is 1. The van der Waals surface area contributed by atoms with Crippen molar-refractivity contribution in [2.75, 3.05) is 0 Å². The number of pyridine rings is 1. The summed E-state index contributed by atoms with van der Waals surface area (Å²) >= 11 is 4.77. The number of aromatic nitrogens is 3. The number of nitrogens with one attached hydrogen (secondary N) is 2. The Morgan fingerprint density at radius 1 is 1.40 bits per heavy atom. The number of aromatic amines is 2. The van der Waals surface area contributed by atoms with Gasteiger partial charge in [-0.05, 0) is 19.1 Å². The Morgan fingerprint density at radius 3 is 2.85 bits per heavy atom. The number of aromatic hydroxyl groups is 2. The molecule has 1 aliphatic heterocycles. The molecule has 2 aromatic rings. The molecule has 3 heterocycles. The average molecular weight is 293 g/mol. The zero-order valence-corrected chi connectivity index (χ0v) is 11.2. The predicted octanol–water partition coefficient (Wildman–Crippen LogP) is 1.17. The summed E-state index contributed by atoms with van der Waals surface area (Å²) in [7, 11) is 0. The third-order valence-corrected chi connectivity index (χ3v) is 3.45. The predicted molar refractivity (Wildman–Crippen MR) is 71.2 cm³/mol. The van der Waals surface area contributed by atoms with Gasteiger partial charge in [0.15, 0.2) is 4.77 Å². The van der Waals surface area contributed by atoms with E-state index in [9.17, 15) is 15.0 Å². The zero-order chi connectivity index (χ0) is 14.4. The number of nitrogens with zero attached hydrogens (tertiary/aromatic N) is 1. The minimum absolute atomic E-state index is 0.0155. The fourth-order valence-electron chi connectivity index (χ4n) is 2.27. The van der Waals surface area contributed by atoms with Gasteiger partial charge in [-0.2, -0.15) is 0 Å². The Morgan fingerprint density at radius 2 is 2.15 bits per heavy atom. The maximum Gasteiger partial charge on any atom is 0.261 e. The number of hydrogen-bond donors (Lipinski definition) is 4. The maximum atomic E-state index is 12.0. The van der Waals surface area contributed by atoms with Crippen LogP contribution >= 0.6 is 12.2 Å². The first kappa shape index (κ1) is 12.8. The lowest BCUT2D eigenvalue weighted by molar-refractivity contribution is 0.0895. The number of fused-ring (bicyclic) bond motifs is 1. The standard InChI is InChI=1S/C12H11N3O4S/c1-4-8(16)6-5(2-13-4)3-19-9(6)7-10(17)14-12(20)15-11(7)18/h2,9,16H,3H2,1H3,(H3,14,15,17,18,20)/t9-/m1/s1. The van der Waals surface area contributed by atoms with Gasteiger partial charge in [0, 0.05) is 17.3 Å². The summed E-state index contributed by atoms with van der Waals surface area (Å²) in [6.45, 7) is 1.85. The lowest BCUT2D eigenvalue weighted by Gasteiger charge is -2.13. The molecule has 1 atom stereocenters. The van der Waals surface area contributed by atoms with Crippen molar-refractivity contribution in [2.45, 2.75) is 19.6 Å². The van der Waals surface area contributed by atoms with Crippen LogP contribution in [0.1, 0.15) is 28.5 Å². The van der Waals surface area contributed by atoms with Gasteiger partial charge in [0.2, 0.25) is 5.88 Å². The van der Waals surface area contributed by atoms with Crippen LogP contribution in [0.5, 0.6) is 11.6 Å². The molecule has 8 heteroatoms. The summed E-state index contributed by atoms with van der Waals surface area (Å²) in [5, 5.41) is 20.0. The van der Waals surface area contributed by atoms with Crippen molar-refractivity contribution in [3.63, 3.8) is 0 Å². The Balaban J connectivity index is 2.25. The van der Waals surface area contributed by atoms with Crippen molar-refractivity contribution in [1.29, 1.82) is 0 Å². The highest BCUT2D eigenvalue weighted by Crippen LogP contribution is 2.42. The van der Waals surface area contributed by atoms with Crippen molar-refractivity contribution in [1.82, 2.24) is 15.0 Å². The van der Waals surface area contributed by atoms with E-state index in [2.05, 4.69) is 15.0 Å². The Labute approximate surface area is 117 Å². The molecule has 0 bridgehead atoms. The van der Waals surface area contributed by atoms with E-state index >= 15 is 0 Å². The summed E-state index contributed by atoms with van der Waals surface area (Å²) < 4.78 is 5.53. The van der Waals surface area contributed by atoms with Gasteiger partial charge in [-0.15, -0.1) is 0 Å². The second-order valence-corrected chi connectivity index (χ2v) is 4.90. The summed E-state index contributed by atoms with van der Waals surface area (Å²) in [6.07, 6.45) is 0.725. The molecule has 2 aromatic heterocycles. The van der Waals surface area contributed by atoms with E-state index < -0.39 is 11.7 Å². The number of ether oxygens (including phenoxy) is 1. The van der Waals surface area contributed by atoms with Gasteiger partial charge < -0.3 is 19.9 Å². The Kier molecular flexibility index (Phi) is 2.84. The minimum atomic E-state index is -0.859. The molecule has 0 saturated heterocycles. The van der Waals surface area contributed by atoms with Crippen LogP contribution in [0.3, 0.4) is 0 Å². The summed E-state index contributed by atoms with van der Waals surface area (Å²) in [5.74, 6) is -0.406. The summed E-state index contributed by atoms with van der Waals surface area (Å²) in [6, 6.07) is 0. The molecule has 0 saturated carbocycles. The molecule has 0 spiro atoms. The second-order valence-electron chi connectivity index (χ2n) is 4.49. The average Bonchev–Trinajstić information content (AvgIpc) is 2.77. The largest absolute Gasteiger partial charge is 0.506 e. The number of H-pyrrole nitrogens is 2. The first-order chi connectivity index (χ1) is 9.49. The van der Waals surface area contributed by atoms with Gasteiger partial charge in [-0.1, -0.05) is 0 Å². The van der Waals surface area contributed by atoms with Crippen molar-refractivity contribution in [3.8, 4) is 11.6 Å². The SMILES string of the molecule is Cc1ncc2c(c1O)[C@H](c1c(O)[nH]c(=S)[nH]c1=O)OC2. The molecule has 7 nitrogen and oxygen atoms in total. The third-order valence-electron chi connectivity index (χ3n) is 3.25. The lowest BCUT2D eigenvalue weighted by atomic mass is 10.0. The zero-order valence-electron chi connectivity index (χ0n) is 10.4. The van der Waals surface area contributed by atoms with Crippen molar-refractivity contribution < 1.29 is 14.9 Å². The molecular weight excluding hydrogens is 282 g/mol. The van der Waals surface area contributed by atoms with Gasteiger partial charge in [-0.3, -0.25) is 14.8 Å². The molecule has 0 aromatic carbocycles. The highest BCUT2D eigenvalue weighted by Gasteiger charge is 2.33. The van der Waals surface area contributed by atoms with Crippen LogP contribution in [0.15, 0.2) is 11.0 Å². The number of hydrogen-bond acceptors (Lipinski definition) is 6. The Hall–Kier alpha value is -2.19. The molecular formula is C12H11N3O4S. The Bertz CT molecular complexity index is 811. The molecule has 0 fully saturated rings. The molecule has 4 N–H and O–H groups in total. The van der Waals surface area contributed by atoms with Gasteiger partial charge in [0.1, 0.15) is 17.4 Å². The quantitative estimate of drug-likeness (QED) is 0.587. The van der Waals surface area contributed by atoms with Crippen molar-refractivity contribution in [2.24, 2.45) is 0 Å². The summed E-state index contributed by atoms with van der Waals surface area (Å²) in [4.78, 5) is 20.9. The van der Waals surface area contributed by atoms with E-state index in [4.69, 9.17) is 17.0 Å². The fraction of sp³-hybridized carbons (Fsp3) is 0.250. The highest BCUT2D eigenvalue weighted by molar-refractivity contribution is 7.71. The van der Waals surface area contributed by atoms with E-state index in [1.165, 1.54) is 0 Å². The van der Waals surface area contributed by atoms with Crippen LogP contribution in [0.4, 0.5) is 0 Å². The molecule has 1 aliphatic rings. The fourth-order valence-corrected chi connectivity index (χ4v) is 2.46. The van der Waals surface area contributed by atoms with E-state index in [0.29, 0.717) is 16.8 Å². The van der Waals surface area contributed by atoms with Crippen LogP contribution in [-0.4, -0.2) is 25.2 Å². The van der Waals surface area contributed by atoms with E-state index in [1.807, 2.05) is 0 Å². The molecule has 0 radical (unpaired) electrons. The smallest absolute Gasteiger partial charge is 0.261 e. The summed E-state index contributed by atoms with van der Waals surface area (Å²) in [5.41, 5.74) is 0.985. The van der Waals surface area contributed by atoms with Gasteiger partial charge >= 0.3 is 0 Å². The van der Waals surface area contributed by atoms with E-state index in [1.54, 1.807) is 13.1 Å². The molecule has 0 aliphatic carbocycles. The van der Waals surface area contributed by atoms with Crippen LogP contribution in [0.2, 0.25) is 0 Å². The normalized spacial score (nSPS) is 17.1. The highest BCUT2D eigenvalue weighted by atomic mass is 32.1. The van der Waals surface area contributed by atoms with E-state index in [0.717, 1.165) is 0 Å². The first-order valence-corrected chi connectivity index (χ1v) is 6.24. The van der Waals surface area contributed by atoms with Crippen LogP contribution in [-0.2, 0) is 11.3 Å². The number of aryl methyl sites for hydroxylation is 1. The van der Waals surface area contributed by atoms with Crippen molar-refractivity contribution >= 4 is 12.2 Å². The second kappa shape index (κ2) is 4.43. The first-order valence-electron chi connectivity index (χ1n) is 5.83. The molecule has 0 unspecified atom stereocenters. The van der Waals surface area contributed by atoms with Crippen LogP contribution in [0, 0.1) is 11.7 Å². The van der Waals surface area contributed by atoms with Crippen molar-refractivity contribution in [3.05, 3.63) is 43.7 Å². The lowest BCUT2D eigenvalue weighted by Crippen LogP contribution is -2.18. The van der Waals surface area contributed by atoms with Gasteiger partial charge in [-0.25, -0.2) is 0 Å². The minimum Gasteiger partial charge on any atom is -0.506 e. The third kappa shape index (κ3) is 1.81.